The van der Waals surface area contributed by atoms with Gasteiger partial charge in [-0.1, -0.05) is 32.9 Å². The maximum absolute atomic E-state index is 12.0. The van der Waals surface area contributed by atoms with Crippen molar-refractivity contribution in [3.63, 3.8) is 0 Å². The number of hydrogen-bond acceptors (Lipinski definition) is 4. The van der Waals surface area contributed by atoms with Crippen LogP contribution < -0.4 is 0 Å². The van der Waals surface area contributed by atoms with Crippen molar-refractivity contribution in [3.8, 4) is 0 Å². The summed E-state index contributed by atoms with van der Waals surface area (Å²) in [6.45, 7) is 7.38. The maximum Gasteiger partial charge on any atom is 0.156 e. The van der Waals surface area contributed by atoms with Gasteiger partial charge >= 0.3 is 0 Å². The molecule has 2 saturated carbocycles. The van der Waals surface area contributed by atoms with E-state index in [-0.39, 0.29) is 5.41 Å². The summed E-state index contributed by atoms with van der Waals surface area (Å²) in [6, 6.07) is 0. The highest BCUT2D eigenvalue weighted by Crippen LogP contribution is 2.66. The molecule has 0 aliphatic heterocycles. The molecule has 1 N–H and O–H groups in total. The average molecular weight is 381 g/mol. The van der Waals surface area contributed by atoms with Crippen molar-refractivity contribution in [2.45, 2.75) is 65.7 Å². The van der Waals surface area contributed by atoms with Crippen molar-refractivity contribution >= 4 is 5.78 Å². The van der Waals surface area contributed by atoms with E-state index in [0.29, 0.717) is 29.0 Å². The Morgan fingerprint density at radius 3 is 2.86 bits per heavy atom. The molecule has 7 atom stereocenters. The third-order valence-corrected chi connectivity index (χ3v) is 9.18. The Morgan fingerprint density at radius 1 is 1.21 bits per heavy atom. The van der Waals surface area contributed by atoms with Gasteiger partial charge in [0.1, 0.15) is 5.82 Å². The van der Waals surface area contributed by atoms with E-state index in [1.807, 2.05) is 6.08 Å². The lowest BCUT2D eigenvalue weighted by Crippen LogP contribution is -2.49. The minimum absolute atomic E-state index is 0.198. The molecular formula is C23H32N4O. The van der Waals surface area contributed by atoms with Crippen LogP contribution in [0.25, 0.3) is 0 Å². The van der Waals surface area contributed by atoms with Crippen LogP contribution in [0.5, 0.6) is 0 Å². The van der Waals surface area contributed by atoms with Crippen molar-refractivity contribution in [2.24, 2.45) is 40.4 Å². The number of H-pyrrole nitrogens is 1. The number of carbonyl (C=O) groups is 1. The fourth-order valence-corrected chi connectivity index (χ4v) is 7.68. The van der Waals surface area contributed by atoms with Gasteiger partial charge in [0.25, 0.3) is 0 Å². The molecule has 5 heteroatoms. The molecule has 28 heavy (non-hydrogen) atoms. The predicted octanol–water partition coefficient (Wildman–Crippen LogP) is 4.30. The number of aromatic amines is 1. The van der Waals surface area contributed by atoms with Crippen LogP contribution in [-0.4, -0.2) is 26.4 Å². The van der Waals surface area contributed by atoms with Gasteiger partial charge < -0.3 is 0 Å². The van der Waals surface area contributed by atoms with E-state index < -0.39 is 0 Å². The first-order chi connectivity index (χ1) is 13.4. The number of ketones is 1. The summed E-state index contributed by atoms with van der Waals surface area (Å²) in [6.07, 6.45) is 14.7. The van der Waals surface area contributed by atoms with E-state index in [1.165, 1.54) is 31.3 Å². The highest BCUT2D eigenvalue weighted by molar-refractivity contribution is 5.92. The molecule has 1 heterocycles. The van der Waals surface area contributed by atoms with Crippen LogP contribution in [0.3, 0.4) is 0 Å². The number of rotatable bonds is 3. The van der Waals surface area contributed by atoms with Gasteiger partial charge in [0.05, 0.1) is 0 Å². The van der Waals surface area contributed by atoms with Crippen molar-refractivity contribution in [1.82, 2.24) is 20.6 Å². The second-order valence-electron chi connectivity index (χ2n) is 10.4. The van der Waals surface area contributed by atoms with Crippen LogP contribution in [0.1, 0.15) is 65.1 Å². The monoisotopic (exact) mass is 380 g/mol. The second kappa shape index (κ2) is 6.36. The molecule has 0 spiro atoms. The first-order valence-corrected chi connectivity index (χ1v) is 11.1. The van der Waals surface area contributed by atoms with Gasteiger partial charge in [0, 0.05) is 12.8 Å². The molecule has 0 aromatic carbocycles. The summed E-state index contributed by atoms with van der Waals surface area (Å²) in [5.74, 6) is 4.68. The normalized spacial score (nSPS) is 43.1. The highest BCUT2D eigenvalue weighted by atomic mass is 16.1. The Labute approximate surface area is 167 Å². The van der Waals surface area contributed by atoms with E-state index in [4.69, 9.17) is 0 Å². The van der Waals surface area contributed by atoms with E-state index >= 15 is 0 Å². The number of nitrogens with one attached hydrogen (secondary N) is 1. The summed E-state index contributed by atoms with van der Waals surface area (Å²) in [7, 11) is 0. The van der Waals surface area contributed by atoms with Crippen molar-refractivity contribution in [1.29, 1.82) is 0 Å². The van der Waals surface area contributed by atoms with Crippen LogP contribution in [0.4, 0.5) is 0 Å². The lowest BCUT2D eigenvalue weighted by molar-refractivity contribution is -0.116. The summed E-state index contributed by atoms with van der Waals surface area (Å²) in [4.78, 5) is 12.0. The zero-order chi connectivity index (χ0) is 19.5. The molecule has 0 radical (unpaired) electrons. The Hall–Kier alpha value is -1.78. The van der Waals surface area contributed by atoms with Gasteiger partial charge in [-0.3, -0.25) is 4.79 Å². The molecule has 4 aliphatic rings. The summed E-state index contributed by atoms with van der Waals surface area (Å²) < 4.78 is 0. The molecule has 150 valence electrons. The van der Waals surface area contributed by atoms with Gasteiger partial charge in [-0.2, -0.15) is 0 Å². The van der Waals surface area contributed by atoms with E-state index in [9.17, 15) is 4.79 Å². The molecular weight excluding hydrogens is 348 g/mol. The van der Waals surface area contributed by atoms with Gasteiger partial charge in [0.15, 0.2) is 5.78 Å². The number of carbonyl (C=O) groups excluding carboxylic acids is 1. The average Bonchev–Trinajstić information content (AvgIpc) is 3.29. The van der Waals surface area contributed by atoms with E-state index in [0.717, 1.165) is 36.9 Å². The van der Waals surface area contributed by atoms with Crippen LogP contribution in [0, 0.1) is 40.4 Å². The third kappa shape index (κ3) is 2.57. The number of fused-ring (bicyclic) bond motifs is 5. The molecule has 2 fully saturated rings. The number of hydrogen-bond donors (Lipinski definition) is 1. The molecule has 3 unspecified atom stereocenters. The Balaban J connectivity index is 1.41. The van der Waals surface area contributed by atoms with E-state index in [2.05, 4.69) is 53.5 Å². The molecule has 1 aromatic rings. The summed E-state index contributed by atoms with van der Waals surface area (Å²) in [5.41, 5.74) is 1.90. The van der Waals surface area contributed by atoms with Crippen molar-refractivity contribution < 1.29 is 4.79 Å². The molecule has 5 nitrogen and oxygen atoms in total. The molecule has 0 bridgehead atoms. The number of allylic oxidation sites excluding steroid dienone is 4. The Morgan fingerprint density at radius 2 is 2.07 bits per heavy atom. The van der Waals surface area contributed by atoms with Gasteiger partial charge in [-0.25, -0.2) is 5.10 Å². The largest absolute Gasteiger partial charge is 0.295 e. The fourth-order valence-electron chi connectivity index (χ4n) is 7.68. The first-order valence-electron chi connectivity index (χ1n) is 11.1. The van der Waals surface area contributed by atoms with Gasteiger partial charge in [-0.15, -0.1) is 5.10 Å². The van der Waals surface area contributed by atoms with Gasteiger partial charge in [0.2, 0.25) is 0 Å². The van der Waals surface area contributed by atoms with Crippen LogP contribution >= 0.6 is 0 Å². The summed E-state index contributed by atoms with van der Waals surface area (Å²) >= 11 is 0. The molecule has 1 aromatic heterocycles. The predicted molar refractivity (Wildman–Crippen MR) is 107 cm³/mol. The number of aromatic nitrogens is 4. The zero-order valence-corrected chi connectivity index (χ0v) is 17.3. The SMILES string of the molecule is C[C@H](Cc1nnn[nH]1)[C@H]1CCC2C3C=CC4=CC(=O)CC[C@]4(C)C3CC[C@@]21C. The van der Waals surface area contributed by atoms with Crippen molar-refractivity contribution in [2.75, 3.05) is 0 Å². The Bertz CT molecular complexity index is 828. The fraction of sp³-hybridized carbons (Fsp3) is 0.739. The Kier molecular flexibility index (Phi) is 4.15. The quantitative estimate of drug-likeness (QED) is 0.848. The second-order valence-corrected chi connectivity index (χ2v) is 10.4. The van der Waals surface area contributed by atoms with Crippen molar-refractivity contribution in [3.05, 3.63) is 29.6 Å². The minimum atomic E-state index is 0.198. The first kappa shape index (κ1) is 18.3. The van der Waals surface area contributed by atoms with Gasteiger partial charge in [-0.05, 0) is 94.6 Å². The lowest BCUT2D eigenvalue weighted by atomic mass is 9.48. The smallest absolute Gasteiger partial charge is 0.156 e. The third-order valence-electron chi connectivity index (χ3n) is 9.18. The minimum Gasteiger partial charge on any atom is -0.295 e. The summed E-state index contributed by atoms with van der Waals surface area (Å²) in [5, 5.41) is 14.6. The topological polar surface area (TPSA) is 71.5 Å². The van der Waals surface area contributed by atoms with Crippen LogP contribution in [0.15, 0.2) is 23.8 Å². The molecule has 4 aliphatic carbocycles. The van der Waals surface area contributed by atoms with Crippen LogP contribution in [-0.2, 0) is 11.2 Å². The lowest BCUT2D eigenvalue weighted by Gasteiger charge is -2.56. The van der Waals surface area contributed by atoms with Crippen LogP contribution in [0.2, 0.25) is 0 Å². The highest BCUT2D eigenvalue weighted by Gasteiger charge is 2.58. The standard InChI is InChI=1S/C23H32N4O/c1-14(12-21-24-26-27-25-21)18-6-7-19-17-5-4-15-13-16(28)8-10-22(15,2)20(17)9-11-23(18,19)3/h4-5,13-14,17-20H,6-12H2,1-3H3,(H,24,25,26,27)/t14-,17?,18-,19?,20?,22+,23-/m1/s1. The maximum atomic E-state index is 12.0. The molecule has 5 rings (SSSR count). The number of tetrazole rings is 1. The van der Waals surface area contributed by atoms with E-state index in [1.54, 1.807) is 0 Å². The zero-order valence-electron chi connectivity index (χ0n) is 17.3. The number of nitrogens with zero attached hydrogens (tertiary/aromatic N) is 3. The molecule has 0 amide bonds. The molecule has 0 saturated heterocycles.